The van der Waals surface area contributed by atoms with Gasteiger partial charge in [-0.2, -0.15) is 5.10 Å². The van der Waals surface area contributed by atoms with Gasteiger partial charge in [-0.25, -0.2) is 0 Å². The van der Waals surface area contributed by atoms with E-state index in [1.54, 1.807) is 4.68 Å². The summed E-state index contributed by atoms with van der Waals surface area (Å²) in [6.45, 7) is 5.70. The molecular weight excluding hydrogens is 318 g/mol. The smallest absolute Gasteiger partial charge is 0.124 e. The summed E-state index contributed by atoms with van der Waals surface area (Å²) in [5, 5.41) is 7.56. The van der Waals surface area contributed by atoms with E-state index >= 15 is 0 Å². The first kappa shape index (κ1) is 15.1. The fourth-order valence-corrected chi connectivity index (χ4v) is 2.49. The van der Waals surface area contributed by atoms with Gasteiger partial charge in [-0.15, -0.1) is 0 Å². The molecule has 0 amide bonds. The number of halogens is 1. The van der Waals surface area contributed by atoms with Gasteiger partial charge in [0.15, 0.2) is 0 Å². The molecule has 0 saturated carbocycles. The molecule has 1 aromatic heterocycles. The summed E-state index contributed by atoms with van der Waals surface area (Å²) in [6.07, 6.45) is 3.79. The quantitative estimate of drug-likeness (QED) is 0.877. The van der Waals surface area contributed by atoms with Crippen LogP contribution in [0, 0.1) is 0 Å². The molecule has 1 atom stereocenters. The molecule has 108 valence electrons. The molecule has 0 saturated heterocycles. The number of nitrogens with one attached hydrogen (secondary N) is 1. The maximum absolute atomic E-state index is 5.94. The van der Waals surface area contributed by atoms with Crippen molar-refractivity contribution in [3.63, 3.8) is 0 Å². The highest BCUT2D eigenvalue weighted by atomic mass is 79.9. The van der Waals surface area contributed by atoms with Crippen molar-refractivity contribution >= 4 is 15.9 Å². The van der Waals surface area contributed by atoms with Crippen LogP contribution in [0.2, 0.25) is 0 Å². The van der Waals surface area contributed by atoms with Crippen LogP contribution in [-0.2, 0) is 13.7 Å². The van der Waals surface area contributed by atoms with E-state index in [2.05, 4.69) is 46.3 Å². The predicted molar refractivity (Wildman–Crippen MR) is 83.8 cm³/mol. The molecule has 0 aliphatic heterocycles. The zero-order chi connectivity index (χ0) is 14.5. The van der Waals surface area contributed by atoms with E-state index < -0.39 is 0 Å². The normalized spacial score (nSPS) is 12.4. The number of aromatic nitrogens is 2. The van der Waals surface area contributed by atoms with Gasteiger partial charge in [0.05, 0.1) is 6.20 Å². The monoisotopic (exact) mass is 337 g/mol. The predicted octanol–water partition coefficient (Wildman–Crippen LogP) is 3.43. The van der Waals surface area contributed by atoms with Crippen LogP contribution in [0.4, 0.5) is 0 Å². The number of nitrogens with zero attached hydrogens (tertiary/aromatic N) is 2. The largest absolute Gasteiger partial charge is 0.488 e. The lowest BCUT2D eigenvalue weighted by Gasteiger charge is -2.18. The minimum atomic E-state index is 0.251. The van der Waals surface area contributed by atoms with Gasteiger partial charge in [0.1, 0.15) is 12.4 Å². The second kappa shape index (κ2) is 6.90. The second-order valence-corrected chi connectivity index (χ2v) is 5.69. The Balaban J connectivity index is 2.13. The van der Waals surface area contributed by atoms with Gasteiger partial charge in [-0.3, -0.25) is 4.68 Å². The van der Waals surface area contributed by atoms with Crippen LogP contribution < -0.4 is 10.1 Å². The van der Waals surface area contributed by atoms with Crippen LogP contribution in [0.5, 0.6) is 5.75 Å². The topological polar surface area (TPSA) is 39.1 Å². The molecule has 0 bridgehead atoms. The zero-order valence-electron chi connectivity index (χ0n) is 12.1. The molecule has 1 unspecified atom stereocenters. The first-order chi connectivity index (χ1) is 9.60. The highest BCUT2D eigenvalue weighted by Gasteiger charge is 2.12. The van der Waals surface area contributed by atoms with Gasteiger partial charge < -0.3 is 10.1 Å². The van der Waals surface area contributed by atoms with Crippen LogP contribution in [-0.4, -0.2) is 16.3 Å². The van der Waals surface area contributed by atoms with Gasteiger partial charge in [-0.1, -0.05) is 22.9 Å². The van der Waals surface area contributed by atoms with Crippen molar-refractivity contribution in [2.45, 2.75) is 26.5 Å². The number of benzene rings is 1. The van der Waals surface area contributed by atoms with Crippen molar-refractivity contribution in [3.05, 3.63) is 46.2 Å². The Hall–Kier alpha value is -1.33. The van der Waals surface area contributed by atoms with E-state index in [0.29, 0.717) is 6.61 Å². The molecule has 20 heavy (non-hydrogen) atoms. The molecule has 1 heterocycles. The van der Waals surface area contributed by atoms with Crippen LogP contribution in [0.15, 0.2) is 35.1 Å². The fraction of sp³-hybridized carbons (Fsp3) is 0.400. The Kier molecular flexibility index (Phi) is 5.20. The van der Waals surface area contributed by atoms with E-state index in [1.165, 1.54) is 0 Å². The maximum atomic E-state index is 5.94. The Morgan fingerprint density at radius 1 is 1.45 bits per heavy atom. The summed E-state index contributed by atoms with van der Waals surface area (Å²) in [5.41, 5.74) is 2.22. The molecule has 5 heteroatoms. The number of rotatable bonds is 6. The molecule has 0 aliphatic rings. The van der Waals surface area contributed by atoms with Crippen molar-refractivity contribution in [2.24, 2.45) is 7.05 Å². The highest BCUT2D eigenvalue weighted by Crippen LogP contribution is 2.29. The van der Waals surface area contributed by atoms with Crippen molar-refractivity contribution in [3.8, 4) is 5.75 Å². The Labute approximate surface area is 128 Å². The highest BCUT2D eigenvalue weighted by molar-refractivity contribution is 9.10. The van der Waals surface area contributed by atoms with E-state index in [9.17, 15) is 0 Å². The van der Waals surface area contributed by atoms with E-state index in [0.717, 1.165) is 27.9 Å². The summed E-state index contributed by atoms with van der Waals surface area (Å²) < 4.78 is 8.79. The minimum Gasteiger partial charge on any atom is -0.488 e. The lowest BCUT2D eigenvalue weighted by molar-refractivity contribution is 0.299. The third-order valence-electron chi connectivity index (χ3n) is 3.10. The van der Waals surface area contributed by atoms with Crippen LogP contribution in [0.3, 0.4) is 0 Å². The van der Waals surface area contributed by atoms with E-state index in [1.807, 2.05) is 31.6 Å². The Morgan fingerprint density at radius 2 is 2.25 bits per heavy atom. The average molecular weight is 338 g/mol. The lowest BCUT2D eigenvalue weighted by Crippen LogP contribution is -2.18. The molecule has 1 aromatic carbocycles. The molecule has 0 radical (unpaired) electrons. The van der Waals surface area contributed by atoms with Crippen molar-refractivity contribution in [2.75, 3.05) is 6.54 Å². The van der Waals surface area contributed by atoms with Crippen LogP contribution in [0.1, 0.15) is 31.0 Å². The summed E-state index contributed by atoms with van der Waals surface area (Å²) >= 11 is 3.52. The lowest BCUT2D eigenvalue weighted by atomic mass is 10.1. The van der Waals surface area contributed by atoms with Crippen molar-refractivity contribution < 1.29 is 4.74 Å². The van der Waals surface area contributed by atoms with Crippen molar-refractivity contribution in [1.29, 1.82) is 0 Å². The number of hydrogen-bond donors (Lipinski definition) is 1. The summed E-state index contributed by atoms with van der Waals surface area (Å²) in [4.78, 5) is 0. The molecule has 0 fully saturated rings. The number of aryl methyl sites for hydroxylation is 1. The van der Waals surface area contributed by atoms with Crippen molar-refractivity contribution in [1.82, 2.24) is 15.1 Å². The molecule has 4 nitrogen and oxygen atoms in total. The molecule has 1 N–H and O–H groups in total. The van der Waals surface area contributed by atoms with Crippen LogP contribution in [0.25, 0.3) is 0 Å². The van der Waals surface area contributed by atoms with Gasteiger partial charge in [0.2, 0.25) is 0 Å². The first-order valence-corrected chi connectivity index (χ1v) is 7.52. The SMILES string of the molecule is CCNC(C)c1cc(Br)ccc1OCc1cnn(C)c1. The number of ether oxygens (including phenoxy) is 1. The van der Waals surface area contributed by atoms with Gasteiger partial charge >= 0.3 is 0 Å². The summed E-state index contributed by atoms with van der Waals surface area (Å²) in [5.74, 6) is 0.908. The molecule has 0 spiro atoms. The average Bonchev–Trinajstić information content (AvgIpc) is 2.83. The molecule has 2 aromatic rings. The summed E-state index contributed by atoms with van der Waals surface area (Å²) in [7, 11) is 1.90. The Bertz CT molecular complexity index is 568. The van der Waals surface area contributed by atoms with Gasteiger partial charge in [-0.05, 0) is 31.7 Å². The minimum absolute atomic E-state index is 0.251. The van der Waals surface area contributed by atoms with Gasteiger partial charge in [0, 0.05) is 34.9 Å². The fourth-order valence-electron chi connectivity index (χ4n) is 2.11. The second-order valence-electron chi connectivity index (χ2n) is 4.77. The first-order valence-electron chi connectivity index (χ1n) is 6.73. The Morgan fingerprint density at radius 3 is 2.90 bits per heavy atom. The molecule has 0 aliphatic carbocycles. The number of hydrogen-bond acceptors (Lipinski definition) is 3. The maximum Gasteiger partial charge on any atom is 0.124 e. The molecular formula is C15H20BrN3O. The summed E-state index contributed by atoms with van der Waals surface area (Å²) in [6, 6.07) is 6.36. The zero-order valence-corrected chi connectivity index (χ0v) is 13.6. The standard InChI is InChI=1S/C15H20BrN3O/c1-4-17-11(2)14-7-13(16)5-6-15(14)20-10-12-8-18-19(3)9-12/h5-9,11,17H,4,10H2,1-3H3. The third kappa shape index (κ3) is 3.84. The van der Waals surface area contributed by atoms with E-state index in [-0.39, 0.29) is 6.04 Å². The van der Waals surface area contributed by atoms with Crippen LogP contribution >= 0.6 is 15.9 Å². The van der Waals surface area contributed by atoms with Gasteiger partial charge in [0.25, 0.3) is 0 Å². The third-order valence-corrected chi connectivity index (χ3v) is 3.59. The molecule has 2 rings (SSSR count). The van der Waals surface area contributed by atoms with E-state index in [4.69, 9.17) is 4.74 Å².